The van der Waals surface area contributed by atoms with Crippen molar-refractivity contribution in [3.05, 3.63) is 65.9 Å². The number of thioether (sulfide) groups is 1. The first-order valence-corrected chi connectivity index (χ1v) is 10.4. The molecule has 2 bridgehead atoms. The second-order valence-electron chi connectivity index (χ2n) is 7.37. The standard InChI is InChI=1S/C22H24N2S/c1-2-6-17(7-3-1)25-13-12-24-11-10-16-14-20-22(21(24)15-16)18-8-4-5-9-19(18)23-20/h1-9,16,21,23H,10-15H2/t16-,21-/m1/s1. The monoisotopic (exact) mass is 348 g/mol. The van der Waals surface area contributed by atoms with Gasteiger partial charge in [0, 0.05) is 39.8 Å². The van der Waals surface area contributed by atoms with E-state index in [2.05, 4.69) is 64.5 Å². The summed E-state index contributed by atoms with van der Waals surface area (Å²) < 4.78 is 0. The van der Waals surface area contributed by atoms with Crippen molar-refractivity contribution in [1.82, 2.24) is 9.88 Å². The lowest BCUT2D eigenvalue weighted by atomic mass is 9.78. The summed E-state index contributed by atoms with van der Waals surface area (Å²) in [4.78, 5) is 7.84. The summed E-state index contributed by atoms with van der Waals surface area (Å²) in [6.07, 6.45) is 3.93. The fourth-order valence-corrected chi connectivity index (χ4v) is 5.60. The summed E-state index contributed by atoms with van der Waals surface area (Å²) in [6, 6.07) is 20.3. The third kappa shape index (κ3) is 2.90. The van der Waals surface area contributed by atoms with Crippen molar-refractivity contribution in [2.75, 3.05) is 18.8 Å². The molecule has 1 aromatic heterocycles. The number of likely N-dealkylation sites (tertiary alicyclic amines) is 1. The van der Waals surface area contributed by atoms with Crippen LogP contribution >= 0.6 is 11.8 Å². The summed E-state index contributed by atoms with van der Waals surface area (Å²) in [6.45, 7) is 2.43. The van der Waals surface area contributed by atoms with Gasteiger partial charge in [0.05, 0.1) is 0 Å². The fourth-order valence-electron chi connectivity index (χ4n) is 4.69. The smallest absolute Gasteiger partial charge is 0.0459 e. The van der Waals surface area contributed by atoms with Crippen molar-refractivity contribution in [3.8, 4) is 0 Å². The minimum Gasteiger partial charge on any atom is -0.358 e. The molecule has 5 rings (SSSR count). The minimum absolute atomic E-state index is 0.607. The number of nitrogens with zero attached hydrogens (tertiary/aromatic N) is 1. The predicted octanol–water partition coefficient (Wildman–Crippen LogP) is 5.27. The fraction of sp³-hybridized carbons (Fsp3) is 0.364. The molecular formula is C22H24N2S. The van der Waals surface area contributed by atoms with Gasteiger partial charge < -0.3 is 4.98 Å². The van der Waals surface area contributed by atoms with Gasteiger partial charge in [-0.15, -0.1) is 11.8 Å². The highest BCUT2D eigenvalue weighted by atomic mass is 32.2. The van der Waals surface area contributed by atoms with E-state index in [1.54, 1.807) is 5.56 Å². The number of nitrogens with one attached hydrogen (secondary N) is 1. The van der Waals surface area contributed by atoms with E-state index in [-0.39, 0.29) is 0 Å². The van der Waals surface area contributed by atoms with E-state index in [1.807, 2.05) is 11.8 Å². The van der Waals surface area contributed by atoms with Crippen LogP contribution in [0.15, 0.2) is 59.5 Å². The maximum Gasteiger partial charge on any atom is 0.0459 e. The molecule has 3 aromatic rings. The van der Waals surface area contributed by atoms with Crippen molar-refractivity contribution < 1.29 is 0 Å². The largest absolute Gasteiger partial charge is 0.358 e. The first-order chi connectivity index (χ1) is 12.4. The Morgan fingerprint density at radius 2 is 1.88 bits per heavy atom. The first-order valence-electron chi connectivity index (χ1n) is 9.40. The van der Waals surface area contributed by atoms with Crippen LogP contribution in [0.1, 0.15) is 30.1 Å². The Hall–Kier alpha value is -1.71. The van der Waals surface area contributed by atoms with E-state index in [0.717, 1.165) is 5.92 Å². The molecular weight excluding hydrogens is 324 g/mol. The van der Waals surface area contributed by atoms with Crippen LogP contribution in [0.2, 0.25) is 0 Å². The van der Waals surface area contributed by atoms with Crippen LogP contribution in [-0.2, 0) is 6.42 Å². The molecule has 2 nitrogen and oxygen atoms in total. The lowest BCUT2D eigenvalue weighted by molar-refractivity contribution is 0.108. The molecule has 1 aliphatic carbocycles. The number of rotatable bonds is 4. The SMILES string of the molecule is c1ccc(SCCN2CC[C@@H]3Cc4[nH]c5ccccc5c4[C@H]2C3)cc1. The van der Waals surface area contributed by atoms with Gasteiger partial charge in [0.2, 0.25) is 0 Å². The molecule has 0 unspecified atom stereocenters. The second-order valence-corrected chi connectivity index (χ2v) is 8.54. The van der Waals surface area contributed by atoms with Crippen LogP contribution in [0.4, 0.5) is 0 Å². The topological polar surface area (TPSA) is 19.0 Å². The zero-order valence-electron chi connectivity index (χ0n) is 14.4. The number of H-pyrrole nitrogens is 1. The molecule has 3 heteroatoms. The third-order valence-electron chi connectivity index (χ3n) is 5.87. The molecule has 2 aliphatic rings. The average molecular weight is 349 g/mol. The number of hydrogen-bond donors (Lipinski definition) is 1. The van der Waals surface area contributed by atoms with Crippen molar-refractivity contribution in [2.24, 2.45) is 5.92 Å². The number of aromatic amines is 1. The summed E-state index contributed by atoms with van der Waals surface area (Å²) in [7, 11) is 0. The van der Waals surface area contributed by atoms with Gasteiger partial charge in [-0.1, -0.05) is 36.4 Å². The van der Waals surface area contributed by atoms with Crippen LogP contribution < -0.4 is 0 Å². The number of fused-ring (bicyclic) bond motifs is 6. The number of para-hydroxylation sites is 1. The van der Waals surface area contributed by atoms with Gasteiger partial charge in [-0.2, -0.15) is 0 Å². The molecule has 1 saturated heterocycles. The number of aromatic nitrogens is 1. The Morgan fingerprint density at radius 3 is 2.80 bits per heavy atom. The molecule has 0 spiro atoms. The molecule has 0 radical (unpaired) electrons. The van der Waals surface area contributed by atoms with Crippen LogP contribution in [0.3, 0.4) is 0 Å². The van der Waals surface area contributed by atoms with Crippen molar-refractivity contribution >= 4 is 22.7 Å². The Morgan fingerprint density at radius 1 is 1.04 bits per heavy atom. The number of benzene rings is 2. The van der Waals surface area contributed by atoms with Crippen LogP contribution in [0, 0.1) is 5.92 Å². The summed E-state index contributed by atoms with van der Waals surface area (Å²) in [5.41, 5.74) is 4.41. The Bertz CT molecular complexity index is 870. The molecule has 2 aromatic carbocycles. The summed E-state index contributed by atoms with van der Waals surface area (Å²) in [5.74, 6) is 2.03. The molecule has 1 fully saturated rings. The molecule has 1 aliphatic heterocycles. The van der Waals surface area contributed by atoms with Gasteiger partial charge in [0.1, 0.15) is 0 Å². The van der Waals surface area contributed by atoms with E-state index in [4.69, 9.17) is 0 Å². The minimum atomic E-state index is 0.607. The molecule has 25 heavy (non-hydrogen) atoms. The highest BCUT2D eigenvalue weighted by Gasteiger charge is 2.37. The first kappa shape index (κ1) is 15.5. The van der Waals surface area contributed by atoms with Crippen molar-refractivity contribution in [3.63, 3.8) is 0 Å². The molecule has 2 heterocycles. The lowest BCUT2D eigenvalue weighted by Gasteiger charge is -2.43. The molecule has 0 amide bonds. The predicted molar refractivity (Wildman–Crippen MR) is 106 cm³/mol. The molecule has 2 atom stereocenters. The lowest BCUT2D eigenvalue weighted by Crippen LogP contribution is -2.41. The molecule has 0 saturated carbocycles. The number of piperidine rings is 1. The maximum atomic E-state index is 3.72. The van der Waals surface area contributed by atoms with Crippen LogP contribution in [0.25, 0.3) is 10.9 Å². The number of hydrogen-bond acceptors (Lipinski definition) is 2. The van der Waals surface area contributed by atoms with Crippen LogP contribution in [-0.4, -0.2) is 28.7 Å². The van der Waals surface area contributed by atoms with Gasteiger partial charge in [-0.3, -0.25) is 4.90 Å². The highest BCUT2D eigenvalue weighted by molar-refractivity contribution is 7.99. The summed E-state index contributed by atoms with van der Waals surface area (Å²) >= 11 is 1.98. The van der Waals surface area contributed by atoms with E-state index in [9.17, 15) is 0 Å². The van der Waals surface area contributed by atoms with E-state index >= 15 is 0 Å². The van der Waals surface area contributed by atoms with Gasteiger partial charge in [-0.05, 0) is 55.5 Å². The Kier molecular flexibility index (Phi) is 4.07. The van der Waals surface area contributed by atoms with Gasteiger partial charge in [0.15, 0.2) is 0 Å². The van der Waals surface area contributed by atoms with E-state index in [0.29, 0.717) is 6.04 Å². The summed E-state index contributed by atoms with van der Waals surface area (Å²) in [5, 5.41) is 1.45. The second kappa shape index (κ2) is 6.54. The molecule has 1 N–H and O–H groups in total. The normalized spacial score (nSPS) is 22.9. The van der Waals surface area contributed by atoms with Gasteiger partial charge in [0.25, 0.3) is 0 Å². The van der Waals surface area contributed by atoms with Crippen molar-refractivity contribution in [2.45, 2.75) is 30.2 Å². The van der Waals surface area contributed by atoms with E-state index < -0.39 is 0 Å². The van der Waals surface area contributed by atoms with E-state index in [1.165, 1.54) is 59.6 Å². The highest BCUT2D eigenvalue weighted by Crippen LogP contribution is 2.45. The average Bonchev–Trinajstić information content (AvgIpc) is 3.02. The Balaban J connectivity index is 1.37. The zero-order valence-corrected chi connectivity index (χ0v) is 15.3. The van der Waals surface area contributed by atoms with Gasteiger partial charge >= 0.3 is 0 Å². The van der Waals surface area contributed by atoms with Crippen LogP contribution in [0.5, 0.6) is 0 Å². The maximum absolute atomic E-state index is 3.72. The van der Waals surface area contributed by atoms with Gasteiger partial charge in [-0.25, -0.2) is 0 Å². The zero-order chi connectivity index (χ0) is 16.6. The quantitative estimate of drug-likeness (QED) is 0.648. The Labute approximate surface area is 153 Å². The molecule has 128 valence electrons. The van der Waals surface area contributed by atoms with Crippen molar-refractivity contribution in [1.29, 1.82) is 0 Å². The third-order valence-corrected chi connectivity index (χ3v) is 6.86.